The predicted molar refractivity (Wildman–Crippen MR) is 242 cm³/mol. The summed E-state index contributed by atoms with van der Waals surface area (Å²) in [5.74, 6) is 0. The van der Waals surface area contributed by atoms with Crippen LogP contribution < -0.4 is 21.1 Å². The second kappa shape index (κ2) is 23.6. The highest BCUT2D eigenvalue weighted by Gasteiger charge is 2.20. The van der Waals surface area contributed by atoms with Crippen molar-refractivity contribution in [1.82, 2.24) is 25.3 Å². The molecule has 0 aliphatic carbocycles. The van der Waals surface area contributed by atoms with Crippen molar-refractivity contribution in [2.45, 2.75) is 129 Å². The van der Waals surface area contributed by atoms with Gasteiger partial charge in [0.2, 0.25) is 10.0 Å². The van der Waals surface area contributed by atoms with E-state index in [-0.39, 0.29) is 31.1 Å². The zero-order valence-electron chi connectivity index (χ0n) is 34.8. The monoisotopic (exact) mass is 908 g/mol. The van der Waals surface area contributed by atoms with Gasteiger partial charge >= 0.3 is 12.2 Å². The molecule has 0 fully saturated rings. The van der Waals surface area contributed by atoms with Crippen LogP contribution in [0.3, 0.4) is 0 Å². The lowest BCUT2D eigenvalue weighted by Gasteiger charge is -2.19. The Balaban J connectivity index is 0.000000969. The molecule has 0 saturated carbocycles. The Morgan fingerprint density at radius 3 is 1.64 bits per heavy atom. The van der Waals surface area contributed by atoms with Crippen LogP contribution in [0.25, 0.3) is 21.5 Å². The second-order valence-electron chi connectivity index (χ2n) is 15.9. The molecule has 0 aliphatic heterocycles. The number of aromatic nitrogens is 2. The molecule has 2 amide bonds. The van der Waals surface area contributed by atoms with Crippen molar-refractivity contribution in [1.29, 1.82) is 0 Å². The molecule has 2 aromatic heterocycles. The number of benzene rings is 2. The lowest BCUT2D eigenvalue weighted by Crippen LogP contribution is -2.34. The Kier molecular flexibility index (Phi) is 20.7. The van der Waals surface area contributed by atoms with Crippen LogP contribution in [0.4, 0.5) is 9.59 Å². The number of nitrogens with zero attached hydrogens (tertiary/aromatic N) is 2. The van der Waals surface area contributed by atoms with Gasteiger partial charge in [0.1, 0.15) is 21.5 Å². The summed E-state index contributed by atoms with van der Waals surface area (Å²) in [5.41, 5.74) is 5.80. The quantitative estimate of drug-likeness (QED) is 0.0751. The topological polar surface area (TPSA) is 175 Å². The highest BCUT2D eigenvalue weighted by atomic mass is 35.5. The molecule has 0 saturated heterocycles. The van der Waals surface area contributed by atoms with Gasteiger partial charge in [0.15, 0.2) is 0 Å². The van der Waals surface area contributed by atoms with E-state index in [1.165, 1.54) is 18.3 Å². The van der Waals surface area contributed by atoms with Crippen LogP contribution in [0.15, 0.2) is 53.7 Å². The molecule has 0 radical (unpaired) electrons. The van der Waals surface area contributed by atoms with Gasteiger partial charge in [-0.1, -0.05) is 83.0 Å². The smallest absolute Gasteiger partial charge is 0.407 e. The molecule has 2 aromatic carbocycles. The van der Waals surface area contributed by atoms with E-state index in [1.807, 2.05) is 52.8 Å². The van der Waals surface area contributed by atoms with Crippen molar-refractivity contribution >= 4 is 90.2 Å². The third-order valence-corrected chi connectivity index (χ3v) is 10.7. The third-order valence-electron chi connectivity index (χ3n) is 7.86. The Hall–Kier alpha value is -3.17. The van der Waals surface area contributed by atoms with Crippen molar-refractivity contribution in [2.75, 3.05) is 13.1 Å². The summed E-state index contributed by atoms with van der Waals surface area (Å²) < 4.78 is 38.3. The molecule has 17 heteroatoms. The summed E-state index contributed by atoms with van der Waals surface area (Å²) in [4.78, 5) is 30.8. The number of fused-ring (bicyclic) bond motifs is 2. The number of pyridine rings is 2. The molecule has 326 valence electrons. The molecule has 58 heavy (non-hydrogen) atoms. The minimum absolute atomic E-state index is 0. The van der Waals surface area contributed by atoms with Gasteiger partial charge in [-0.15, -0.1) is 0 Å². The number of carbonyl (C=O) groups is 2. The second-order valence-corrected chi connectivity index (χ2v) is 19.1. The van der Waals surface area contributed by atoms with Crippen LogP contribution in [0.5, 0.6) is 0 Å². The highest BCUT2D eigenvalue weighted by Crippen LogP contribution is 2.30. The Bertz CT molecular complexity index is 2090. The van der Waals surface area contributed by atoms with Gasteiger partial charge in [-0.05, 0) is 106 Å². The number of amides is 2. The number of ether oxygens (including phenoxy) is 2. The average molecular weight is 911 g/mol. The lowest BCUT2D eigenvalue weighted by molar-refractivity contribution is 0.0515. The number of sulfonamides is 1. The number of rotatable bonds is 13. The Morgan fingerprint density at radius 1 is 0.724 bits per heavy atom. The molecular weight excluding hydrogens is 846 g/mol. The zero-order valence-corrected chi connectivity index (χ0v) is 38.6. The van der Waals surface area contributed by atoms with Gasteiger partial charge in [-0.25, -0.2) is 32.7 Å². The van der Waals surface area contributed by atoms with Crippen molar-refractivity contribution in [3.05, 3.63) is 74.7 Å². The summed E-state index contributed by atoms with van der Waals surface area (Å²) in [6, 6.07) is 10.5. The van der Waals surface area contributed by atoms with E-state index in [4.69, 9.17) is 61.6 Å². The maximum atomic E-state index is 12.7. The maximum absolute atomic E-state index is 12.7. The fraction of sp³-hybridized carbons (Fsp3) is 0.512. The van der Waals surface area contributed by atoms with Crippen LogP contribution in [0.1, 0.15) is 102 Å². The summed E-state index contributed by atoms with van der Waals surface area (Å²) in [7, 11) is -3.73. The van der Waals surface area contributed by atoms with Crippen LogP contribution in [0, 0.1) is 6.92 Å². The number of nitrogens with one attached hydrogen (secondary N) is 3. The van der Waals surface area contributed by atoms with Crippen LogP contribution >= 0.6 is 46.4 Å². The first kappa shape index (κ1) is 51.0. The van der Waals surface area contributed by atoms with Gasteiger partial charge in [0, 0.05) is 62.0 Å². The third kappa shape index (κ3) is 19.3. The number of carbonyl (C=O) groups excluding carboxylic acids is 2. The molecule has 0 bridgehead atoms. The number of unbranched alkanes of at least 4 members (excludes halogenated alkanes) is 2. The first-order valence-electron chi connectivity index (χ1n) is 19.0. The van der Waals surface area contributed by atoms with E-state index in [0.29, 0.717) is 51.9 Å². The highest BCUT2D eigenvalue weighted by molar-refractivity contribution is 7.89. The molecule has 2 heterocycles. The Labute approximate surface area is 366 Å². The summed E-state index contributed by atoms with van der Waals surface area (Å²) in [6.07, 6.45) is 7.24. The SMILES string of the molecule is C[C@@H](N)CCCCNC(=O)OC(C)(C)C.C[C@H](CCCCNC(=O)OC(C)(C)C)NS(=O)(=O)c1ccc2c(Cl)cnc(Cl)c2c1.Cc1ccc2c(Cl)cnc(Cl)c2c1.[2HH].[2HH]. The minimum atomic E-state index is -3.73. The van der Waals surface area contributed by atoms with Crippen molar-refractivity contribution in [3.63, 3.8) is 0 Å². The number of nitrogens with two attached hydrogens (primary N) is 1. The largest absolute Gasteiger partial charge is 0.444 e. The van der Waals surface area contributed by atoms with Gasteiger partial charge in [-0.3, -0.25) is 0 Å². The fourth-order valence-electron chi connectivity index (χ4n) is 5.18. The number of hydrogen-bond donors (Lipinski definition) is 4. The minimum Gasteiger partial charge on any atom is -0.444 e. The van der Waals surface area contributed by atoms with Crippen molar-refractivity contribution in [2.24, 2.45) is 5.73 Å². The molecule has 0 unspecified atom stereocenters. The molecule has 5 N–H and O–H groups in total. The summed E-state index contributed by atoms with van der Waals surface area (Å²) in [5, 5.41) is 10.1. The van der Waals surface area contributed by atoms with Gasteiger partial charge in [0.25, 0.3) is 0 Å². The summed E-state index contributed by atoms with van der Waals surface area (Å²) in [6.45, 7) is 17.9. The number of hydrogen-bond acceptors (Lipinski definition) is 9. The van der Waals surface area contributed by atoms with Crippen LogP contribution in [-0.4, -0.2) is 66.9 Å². The van der Waals surface area contributed by atoms with E-state index in [9.17, 15) is 18.0 Å². The lowest BCUT2D eigenvalue weighted by atomic mass is 10.1. The van der Waals surface area contributed by atoms with Gasteiger partial charge in [0.05, 0.1) is 14.9 Å². The molecular formula is C41H62Cl4N6O6S. The van der Waals surface area contributed by atoms with Gasteiger partial charge in [-0.2, -0.15) is 0 Å². The van der Waals surface area contributed by atoms with Gasteiger partial charge < -0.3 is 25.8 Å². The van der Waals surface area contributed by atoms with E-state index in [1.54, 1.807) is 40.0 Å². The van der Waals surface area contributed by atoms with E-state index in [2.05, 4.69) is 25.3 Å². The molecule has 4 rings (SSSR count). The number of alkyl carbamates (subject to hydrolysis) is 2. The first-order valence-corrected chi connectivity index (χ1v) is 22.0. The maximum Gasteiger partial charge on any atom is 0.407 e. The molecule has 12 nitrogen and oxygen atoms in total. The van der Waals surface area contributed by atoms with Crippen LogP contribution in [-0.2, 0) is 19.5 Å². The molecule has 4 aromatic rings. The predicted octanol–water partition coefficient (Wildman–Crippen LogP) is 11.3. The van der Waals surface area contributed by atoms with Crippen molar-refractivity contribution in [3.8, 4) is 0 Å². The zero-order chi connectivity index (χ0) is 43.8. The average Bonchev–Trinajstić information content (AvgIpc) is 3.10. The Morgan fingerprint density at radius 2 is 1.17 bits per heavy atom. The number of aryl methyl sites for hydroxylation is 1. The van der Waals surface area contributed by atoms with Crippen molar-refractivity contribution < 1.29 is 30.3 Å². The molecule has 0 spiro atoms. The van der Waals surface area contributed by atoms with E-state index in [0.717, 1.165) is 42.0 Å². The summed E-state index contributed by atoms with van der Waals surface area (Å²) >= 11 is 24.1. The van der Waals surface area contributed by atoms with E-state index >= 15 is 0 Å². The molecule has 0 aliphatic rings. The number of halogens is 4. The normalized spacial score (nSPS) is 12.7. The standard InChI is InChI=1S/C20H27Cl2N3O4S.C11H24N2O2.C10H7Cl2N.2H2/c1-13(7-5-6-10-23-19(26)29-20(2,3)4)25-30(27,28)14-8-9-15-16(11-14)18(22)24-12-17(15)21;1-9(12)7-5-6-8-13-10(14)15-11(2,3)4;1-6-2-3-7-8(4-6)10(12)13-5-9(7)11;;/h8-9,11-13,25H,5-7,10H2,1-4H3,(H,23,26);9H,5-8,12H2,1-4H3,(H,13,14);2-5H,1H3;2*1H/t13-;9-;;;/m11.../s1/i;;;2*1+1. The van der Waals surface area contributed by atoms with E-state index < -0.39 is 27.3 Å². The molecule has 2 atom stereocenters. The fourth-order valence-corrected chi connectivity index (χ4v) is 7.32. The first-order chi connectivity index (χ1) is 26.9. The van der Waals surface area contributed by atoms with Crippen LogP contribution in [0.2, 0.25) is 20.4 Å².